The van der Waals surface area contributed by atoms with Crippen molar-refractivity contribution in [3.05, 3.63) is 189 Å². The van der Waals surface area contributed by atoms with Crippen LogP contribution >= 0.6 is 0 Å². The lowest BCUT2D eigenvalue weighted by Crippen LogP contribution is -2.10. The van der Waals surface area contributed by atoms with Crippen molar-refractivity contribution in [3.8, 4) is 55.6 Å². The molecule has 51 heavy (non-hydrogen) atoms. The predicted molar refractivity (Wildman–Crippen MR) is 212 cm³/mol. The van der Waals surface area contributed by atoms with E-state index in [-0.39, 0.29) is 0 Å². The van der Waals surface area contributed by atoms with Crippen molar-refractivity contribution < 1.29 is 0 Å². The van der Waals surface area contributed by atoms with Crippen LogP contribution in [0.4, 0.5) is 17.1 Å². The zero-order valence-corrected chi connectivity index (χ0v) is 27.7. The van der Waals surface area contributed by atoms with Crippen molar-refractivity contribution in [2.24, 2.45) is 0 Å². The predicted octanol–water partition coefficient (Wildman–Crippen LogP) is 12.9. The number of nitrogens with zero attached hydrogens (tertiary/aromatic N) is 3. The van der Waals surface area contributed by atoms with E-state index in [1.807, 2.05) is 24.5 Å². The average Bonchev–Trinajstić information content (AvgIpc) is 3.54. The van der Waals surface area contributed by atoms with Gasteiger partial charge in [-0.3, -0.25) is 9.97 Å². The number of fused-ring (bicyclic) bond motifs is 4. The van der Waals surface area contributed by atoms with Crippen molar-refractivity contribution in [1.29, 1.82) is 0 Å². The highest BCUT2D eigenvalue weighted by molar-refractivity contribution is 6.28. The number of aromatic nitrogens is 2. The van der Waals surface area contributed by atoms with Crippen LogP contribution < -0.4 is 4.90 Å². The summed E-state index contributed by atoms with van der Waals surface area (Å²) in [6, 6.07) is 59.2. The summed E-state index contributed by atoms with van der Waals surface area (Å²) in [5, 5.41) is 5.11. The van der Waals surface area contributed by atoms with Crippen molar-refractivity contribution >= 4 is 38.6 Å². The molecule has 2 aromatic heterocycles. The van der Waals surface area contributed by atoms with Crippen LogP contribution in [0.15, 0.2) is 189 Å². The van der Waals surface area contributed by atoms with Gasteiger partial charge in [-0.05, 0) is 114 Å². The summed E-state index contributed by atoms with van der Waals surface area (Å²) in [6.07, 6.45) is 7.38. The first-order valence-corrected chi connectivity index (χ1v) is 17.3. The van der Waals surface area contributed by atoms with Crippen molar-refractivity contribution in [1.82, 2.24) is 9.97 Å². The van der Waals surface area contributed by atoms with Crippen LogP contribution in [0.25, 0.3) is 77.2 Å². The summed E-state index contributed by atoms with van der Waals surface area (Å²) in [5.74, 6) is 0. The first-order valence-electron chi connectivity index (χ1n) is 17.3. The molecule has 0 unspecified atom stereocenters. The molecule has 2 heterocycles. The minimum Gasteiger partial charge on any atom is -0.307 e. The van der Waals surface area contributed by atoms with Gasteiger partial charge in [0.25, 0.3) is 0 Å². The Balaban J connectivity index is 1.19. The number of benzene rings is 7. The van der Waals surface area contributed by atoms with E-state index in [4.69, 9.17) is 0 Å². The fourth-order valence-corrected chi connectivity index (χ4v) is 8.07. The van der Waals surface area contributed by atoms with Gasteiger partial charge in [0.15, 0.2) is 0 Å². The third kappa shape index (κ3) is 4.67. The number of rotatable bonds is 6. The van der Waals surface area contributed by atoms with Crippen molar-refractivity contribution in [2.45, 2.75) is 0 Å². The molecule has 0 bridgehead atoms. The molecule has 0 N–H and O–H groups in total. The maximum atomic E-state index is 4.40. The largest absolute Gasteiger partial charge is 0.307 e. The molecular weight excluding hydrogens is 619 g/mol. The van der Waals surface area contributed by atoms with E-state index in [0.29, 0.717) is 0 Å². The summed E-state index contributed by atoms with van der Waals surface area (Å²) in [7, 11) is 0. The molecular formula is C48H31N3. The smallest absolute Gasteiger partial charge is 0.0645 e. The monoisotopic (exact) mass is 649 g/mol. The van der Waals surface area contributed by atoms with Crippen LogP contribution in [0.3, 0.4) is 0 Å². The van der Waals surface area contributed by atoms with Gasteiger partial charge in [0.1, 0.15) is 0 Å². The van der Waals surface area contributed by atoms with Crippen LogP contribution in [0.2, 0.25) is 0 Å². The molecule has 9 aromatic rings. The highest BCUT2D eigenvalue weighted by Gasteiger charge is 2.31. The normalized spacial score (nSPS) is 11.5. The second-order valence-electron chi connectivity index (χ2n) is 13.0. The minimum atomic E-state index is 0.983. The van der Waals surface area contributed by atoms with E-state index < -0.39 is 0 Å². The first-order chi connectivity index (χ1) is 25.3. The fourth-order valence-electron chi connectivity index (χ4n) is 8.07. The molecule has 3 nitrogen and oxygen atoms in total. The zero-order chi connectivity index (χ0) is 33.7. The quantitative estimate of drug-likeness (QED) is 0.179. The maximum Gasteiger partial charge on any atom is 0.0645 e. The van der Waals surface area contributed by atoms with Crippen LogP contribution in [-0.4, -0.2) is 9.97 Å². The van der Waals surface area contributed by atoms with Gasteiger partial charge in [0.05, 0.1) is 23.8 Å². The number of pyridine rings is 2. The lowest BCUT2D eigenvalue weighted by atomic mass is 9.82. The third-order valence-corrected chi connectivity index (χ3v) is 10.2. The van der Waals surface area contributed by atoms with Gasteiger partial charge >= 0.3 is 0 Å². The van der Waals surface area contributed by atoms with Crippen molar-refractivity contribution in [2.75, 3.05) is 4.90 Å². The number of anilines is 3. The lowest BCUT2D eigenvalue weighted by Gasteiger charge is -2.24. The molecule has 10 rings (SSSR count). The molecule has 0 amide bonds. The van der Waals surface area contributed by atoms with Crippen LogP contribution in [0, 0.1) is 0 Å². The zero-order valence-electron chi connectivity index (χ0n) is 27.7. The molecule has 0 saturated heterocycles. The molecule has 0 spiro atoms. The molecule has 7 aromatic carbocycles. The number of hydrogen-bond donors (Lipinski definition) is 0. The molecule has 238 valence electrons. The topological polar surface area (TPSA) is 29.0 Å². The second-order valence-corrected chi connectivity index (χ2v) is 13.0. The van der Waals surface area contributed by atoms with E-state index >= 15 is 0 Å². The van der Waals surface area contributed by atoms with Crippen LogP contribution in [0.1, 0.15) is 0 Å². The van der Waals surface area contributed by atoms with Gasteiger partial charge in [-0.15, -0.1) is 0 Å². The Morgan fingerprint density at radius 2 is 0.824 bits per heavy atom. The van der Waals surface area contributed by atoms with E-state index in [2.05, 4.69) is 167 Å². The van der Waals surface area contributed by atoms with E-state index in [1.54, 1.807) is 12.4 Å². The number of hydrogen-bond acceptors (Lipinski definition) is 3. The Bertz CT molecular complexity index is 2580. The first kappa shape index (κ1) is 29.1. The molecule has 0 atom stereocenters. The fraction of sp³-hybridized carbons (Fsp3) is 0. The Morgan fingerprint density at radius 1 is 0.314 bits per heavy atom. The SMILES string of the molecule is c1ccc(-c2c3c(c(-c4ccccc4)c4ccccc24)-c2ccc(-c4ccc(N(c5cccnc5)c5cccnc5)cc4)c4cccc-3c24)cc1. The Hall–Kier alpha value is -6.84. The Kier molecular flexibility index (Phi) is 6.81. The van der Waals surface area contributed by atoms with E-state index in [9.17, 15) is 0 Å². The molecule has 3 heteroatoms. The summed E-state index contributed by atoms with van der Waals surface area (Å²) in [5.41, 5.74) is 15.7. The highest BCUT2D eigenvalue weighted by Crippen LogP contribution is 2.58. The minimum absolute atomic E-state index is 0.983. The van der Waals surface area contributed by atoms with Crippen molar-refractivity contribution in [3.63, 3.8) is 0 Å². The standard InChI is InChI=1S/C48H31N3/c1-3-12-33(13-4-1)44-40-18-7-8-19-41(40)45(34-14-5-2-6-15-34)48-43-27-26-38(39-20-9-21-42(46(39)43)47(44)48)32-22-24-35(25-23-32)51(36-16-10-28-49-30-36)37-17-11-29-50-31-37/h1-31H. The average molecular weight is 650 g/mol. The molecule has 0 radical (unpaired) electrons. The van der Waals surface area contributed by atoms with Gasteiger partial charge in [-0.1, -0.05) is 127 Å². The lowest BCUT2D eigenvalue weighted by molar-refractivity contribution is 1.20. The maximum absolute atomic E-state index is 4.40. The molecule has 0 fully saturated rings. The van der Waals surface area contributed by atoms with Gasteiger partial charge in [0.2, 0.25) is 0 Å². The van der Waals surface area contributed by atoms with Gasteiger partial charge < -0.3 is 4.90 Å². The van der Waals surface area contributed by atoms with E-state index in [0.717, 1.165) is 17.1 Å². The van der Waals surface area contributed by atoms with Crippen LogP contribution in [-0.2, 0) is 0 Å². The molecule has 1 aliphatic rings. The molecule has 0 saturated carbocycles. The summed E-state index contributed by atoms with van der Waals surface area (Å²) >= 11 is 0. The summed E-state index contributed by atoms with van der Waals surface area (Å²) < 4.78 is 0. The summed E-state index contributed by atoms with van der Waals surface area (Å²) in [4.78, 5) is 11.0. The Labute approximate surface area is 296 Å². The van der Waals surface area contributed by atoms with Crippen LogP contribution in [0.5, 0.6) is 0 Å². The van der Waals surface area contributed by atoms with Gasteiger partial charge in [-0.2, -0.15) is 0 Å². The molecule has 0 aliphatic heterocycles. The van der Waals surface area contributed by atoms with Gasteiger partial charge in [-0.25, -0.2) is 0 Å². The van der Waals surface area contributed by atoms with Gasteiger partial charge in [0, 0.05) is 18.1 Å². The second kappa shape index (κ2) is 11.9. The summed E-state index contributed by atoms with van der Waals surface area (Å²) in [6.45, 7) is 0. The Morgan fingerprint density at radius 3 is 1.37 bits per heavy atom. The highest BCUT2D eigenvalue weighted by atomic mass is 15.2. The van der Waals surface area contributed by atoms with E-state index in [1.165, 1.54) is 77.2 Å². The third-order valence-electron chi connectivity index (χ3n) is 10.2. The molecule has 1 aliphatic carbocycles.